The fourth-order valence-electron chi connectivity index (χ4n) is 4.02. The number of ether oxygens (including phenoxy) is 2. The van der Waals surface area contributed by atoms with Gasteiger partial charge in [0.1, 0.15) is 17.7 Å². The maximum Gasteiger partial charge on any atom is 0.348 e. The van der Waals surface area contributed by atoms with Crippen LogP contribution in [0.2, 0.25) is 5.28 Å². The first kappa shape index (κ1) is 27.1. The van der Waals surface area contributed by atoms with Gasteiger partial charge in [-0.3, -0.25) is 4.57 Å². The summed E-state index contributed by atoms with van der Waals surface area (Å²) >= 11 is 5.80. The molecule has 14 heteroatoms. The van der Waals surface area contributed by atoms with Gasteiger partial charge in [-0.25, -0.2) is 19.0 Å². The highest BCUT2D eigenvalue weighted by molar-refractivity contribution is 6.28. The molecule has 200 valence electrons. The van der Waals surface area contributed by atoms with Gasteiger partial charge in [-0.1, -0.05) is 42.5 Å². The molecule has 38 heavy (non-hydrogen) atoms. The number of carboxylic acid groups (broad SMARTS) is 2. The molecular weight excluding hydrogens is 525 g/mol. The number of imidazole rings is 1. The molecule has 4 rings (SSSR count). The van der Waals surface area contributed by atoms with E-state index < -0.39 is 49.1 Å². The number of carboxylic acids is 2. The Morgan fingerprint density at radius 2 is 1.84 bits per heavy atom. The third-order valence-corrected chi connectivity index (χ3v) is 6.27. The molecule has 4 aromatic rings. The zero-order valence-corrected chi connectivity index (χ0v) is 20.6. The largest absolute Gasteiger partial charge is 0.479 e. The number of anilines is 1. The van der Waals surface area contributed by atoms with E-state index in [0.717, 1.165) is 28.8 Å². The SMILES string of the molecule is CO[C@H](COC(Cc1ccc2ccccc2c1)(C(=O)O)C(=O)O)[C@@H](O)[C@H](F)n1cnc2c(N)nc(Cl)nc21. The van der Waals surface area contributed by atoms with Gasteiger partial charge < -0.3 is 30.5 Å². The Morgan fingerprint density at radius 1 is 1.16 bits per heavy atom. The molecule has 3 atom stereocenters. The summed E-state index contributed by atoms with van der Waals surface area (Å²) in [5.74, 6) is -3.66. The van der Waals surface area contributed by atoms with Gasteiger partial charge in [0.25, 0.3) is 5.60 Å². The molecule has 0 unspecified atom stereocenters. The maximum atomic E-state index is 15.4. The van der Waals surface area contributed by atoms with Gasteiger partial charge in [-0.2, -0.15) is 9.97 Å². The molecule has 0 saturated heterocycles. The molecule has 0 radical (unpaired) electrons. The van der Waals surface area contributed by atoms with Gasteiger partial charge in [-0.05, 0) is 27.9 Å². The molecule has 0 fully saturated rings. The number of fused-ring (bicyclic) bond motifs is 2. The lowest BCUT2D eigenvalue weighted by Gasteiger charge is -2.30. The van der Waals surface area contributed by atoms with Crippen LogP contribution in [0, 0.1) is 0 Å². The summed E-state index contributed by atoms with van der Waals surface area (Å²) in [7, 11) is 1.12. The molecule has 0 aliphatic heterocycles. The normalized spacial score (nSPS) is 14.4. The van der Waals surface area contributed by atoms with Crippen molar-refractivity contribution < 1.29 is 38.8 Å². The number of nitrogens with two attached hydrogens (primary N) is 1. The number of aliphatic hydroxyl groups is 1. The number of halogens is 2. The monoisotopic (exact) mass is 547 g/mol. The van der Waals surface area contributed by atoms with Crippen molar-refractivity contribution in [1.82, 2.24) is 19.5 Å². The lowest BCUT2D eigenvalue weighted by Crippen LogP contribution is -2.53. The highest BCUT2D eigenvalue weighted by atomic mass is 35.5. The number of nitrogens with zero attached hydrogens (tertiary/aromatic N) is 4. The first-order valence-electron chi connectivity index (χ1n) is 11.2. The van der Waals surface area contributed by atoms with Crippen LogP contribution in [-0.2, 0) is 25.5 Å². The second-order valence-corrected chi connectivity index (χ2v) is 8.78. The Morgan fingerprint density at radius 3 is 2.50 bits per heavy atom. The fourth-order valence-corrected chi connectivity index (χ4v) is 4.19. The summed E-state index contributed by atoms with van der Waals surface area (Å²) in [5, 5.41) is 31.9. The number of aromatic nitrogens is 4. The molecule has 0 bridgehead atoms. The zero-order chi connectivity index (χ0) is 27.6. The van der Waals surface area contributed by atoms with Crippen LogP contribution in [0.15, 0.2) is 48.8 Å². The van der Waals surface area contributed by atoms with E-state index in [0.29, 0.717) is 5.56 Å². The lowest BCUT2D eigenvalue weighted by molar-refractivity contribution is -0.192. The Hall–Kier alpha value is -3.91. The van der Waals surface area contributed by atoms with Gasteiger partial charge in [0.05, 0.1) is 12.9 Å². The number of hydrogen-bond acceptors (Lipinski definition) is 9. The Labute approximate surface area is 219 Å². The highest BCUT2D eigenvalue weighted by Crippen LogP contribution is 2.28. The predicted molar refractivity (Wildman–Crippen MR) is 133 cm³/mol. The van der Waals surface area contributed by atoms with Crippen molar-refractivity contribution in [3.8, 4) is 0 Å². The molecular formula is C24H23ClFN5O7. The van der Waals surface area contributed by atoms with Crippen LogP contribution in [-0.4, -0.2) is 78.3 Å². The molecule has 12 nitrogen and oxygen atoms in total. The third-order valence-electron chi connectivity index (χ3n) is 6.10. The van der Waals surface area contributed by atoms with E-state index in [1.165, 1.54) is 0 Å². The number of carbonyl (C=O) groups is 2. The number of benzene rings is 2. The summed E-state index contributed by atoms with van der Waals surface area (Å²) in [4.78, 5) is 35.9. The zero-order valence-electron chi connectivity index (χ0n) is 19.9. The summed E-state index contributed by atoms with van der Waals surface area (Å²) in [6.07, 6.45) is -5.22. The number of rotatable bonds is 11. The topological polar surface area (TPSA) is 183 Å². The van der Waals surface area contributed by atoms with Gasteiger partial charge in [0.2, 0.25) is 11.6 Å². The van der Waals surface area contributed by atoms with Crippen molar-refractivity contribution in [2.24, 2.45) is 0 Å². The Kier molecular flexibility index (Phi) is 7.73. The molecule has 0 aliphatic carbocycles. The number of methoxy groups -OCH3 is 1. The van der Waals surface area contributed by atoms with Gasteiger partial charge >= 0.3 is 11.9 Å². The smallest absolute Gasteiger partial charge is 0.348 e. The summed E-state index contributed by atoms with van der Waals surface area (Å²) in [6.45, 7) is -0.783. The summed E-state index contributed by atoms with van der Waals surface area (Å²) in [5.41, 5.74) is 3.30. The van der Waals surface area contributed by atoms with Crippen LogP contribution >= 0.6 is 11.6 Å². The molecule has 0 amide bonds. The molecule has 0 aliphatic rings. The third kappa shape index (κ3) is 5.09. The van der Waals surface area contributed by atoms with E-state index in [4.69, 9.17) is 26.8 Å². The van der Waals surface area contributed by atoms with Crippen LogP contribution in [0.1, 0.15) is 11.9 Å². The van der Waals surface area contributed by atoms with Crippen molar-refractivity contribution in [3.63, 3.8) is 0 Å². The standard InChI is InChI=1S/C24H23ClFN5O7/c1-37-15(17(32)18(26)31-11-28-16-19(27)29-23(25)30-20(16)31)10-38-24(21(33)34,22(35)36)9-12-6-7-13-4-2-3-5-14(13)8-12/h2-8,11,15,17-18,32H,9-10H2,1H3,(H,33,34)(H,35,36)(H2,27,29,30)/t15-,17-,18-/m1/s1. The van der Waals surface area contributed by atoms with E-state index in [2.05, 4.69) is 15.0 Å². The van der Waals surface area contributed by atoms with Crippen molar-refractivity contribution in [2.75, 3.05) is 19.5 Å². The van der Waals surface area contributed by atoms with Gasteiger partial charge in [0, 0.05) is 13.5 Å². The highest BCUT2D eigenvalue weighted by Gasteiger charge is 2.49. The number of aliphatic hydroxyl groups excluding tert-OH is 1. The minimum Gasteiger partial charge on any atom is -0.479 e. The van der Waals surface area contributed by atoms with Crippen molar-refractivity contribution in [1.29, 1.82) is 0 Å². The summed E-state index contributed by atoms with van der Waals surface area (Å²) in [6, 6.07) is 12.3. The maximum absolute atomic E-state index is 15.4. The number of hydrogen-bond donors (Lipinski definition) is 4. The fraction of sp³-hybridized carbons (Fsp3) is 0.292. The summed E-state index contributed by atoms with van der Waals surface area (Å²) < 4.78 is 26.8. The van der Waals surface area contributed by atoms with Crippen molar-refractivity contribution in [2.45, 2.75) is 30.5 Å². The molecule has 2 aromatic carbocycles. The number of aliphatic carboxylic acids is 2. The van der Waals surface area contributed by atoms with E-state index in [1.54, 1.807) is 30.3 Å². The minimum absolute atomic E-state index is 0.0422. The van der Waals surface area contributed by atoms with Crippen molar-refractivity contribution in [3.05, 3.63) is 59.6 Å². The molecule has 2 heterocycles. The van der Waals surface area contributed by atoms with Crippen LogP contribution < -0.4 is 5.73 Å². The molecule has 5 N–H and O–H groups in total. The van der Waals surface area contributed by atoms with Crippen LogP contribution in [0.5, 0.6) is 0 Å². The molecule has 0 spiro atoms. The van der Waals surface area contributed by atoms with E-state index in [-0.39, 0.29) is 22.3 Å². The predicted octanol–water partition coefficient (Wildman–Crippen LogP) is 2.23. The lowest BCUT2D eigenvalue weighted by atomic mass is 9.92. The molecule has 0 saturated carbocycles. The van der Waals surface area contributed by atoms with E-state index in [9.17, 15) is 24.9 Å². The minimum atomic E-state index is -2.75. The second kappa shape index (κ2) is 10.8. The van der Waals surface area contributed by atoms with E-state index >= 15 is 4.39 Å². The first-order chi connectivity index (χ1) is 18.1. The Bertz CT molecular complexity index is 1490. The quantitative estimate of drug-likeness (QED) is 0.159. The van der Waals surface area contributed by atoms with Crippen molar-refractivity contribution >= 4 is 51.3 Å². The number of alkyl halides is 1. The average Bonchev–Trinajstić information content (AvgIpc) is 3.31. The van der Waals surface area contributed by atoms with Crippen LogP contribution in [0.25, 0.3) is 21.9 Å². The Balaban J connectivity index is 1.57. The van der Waals surface area contributed by atoms with Gasteiger partial charge in [0.15, 0.2) is 11.5 Å². The first-order valence-corrected chi connectivity index (χ1v) is 11.5. The van der Waals surface area contributed by atoms with Crippen LogP contribution in [0.4, 0.5) is 10.2 Å². The number of nitrogen functional groups attached to an aromatic ring is 1. The second-order valence-electron chi connectivity index (χ2n) is 8.45. The average molecular weight is 548 g/mol. The van der Waals surface area contributed by atoms with Gasteiger partial charge in [-0.15, -0.1) is 0 Å². The van der Waals surface area contributed by atoms with E-state index in [1.807, 2.05) is 12.1 Å². The van der Waals surface area contributed by atoms with Crippen LogP contribution in [0.3, 0.4) is 0 Å². The molecule has 2 aromatic heterocycles.